The van der Waals surface area contributed by atoms with Gasteiger partial charge in [-0.1, -0.05) is 6.07 Å². The fraction of sp³-hybridized carbons (Fsp3) is 0.263. The minimum atomic E-state index is -4.72. The molecule has 0 fully saturated rings. The molecule has 3 rings (SSSR count). The SMILES string of the molecule is CC(C)(C#N)Nc1nc(Nc2ccnc(C(F)(F)F)c2)nc(-c2cccc(C(F)(F)F)n2)n1. The van der Waals surface area contributed by atoms with Crippen LogP contribution in [-0.4, -0.2) is 30.5 Å². The number of halogens is 6. The van der Waals surface area contributed by atoms with E-state index in [4.69, 9.17) is 0 Å². The van der Waals surface area contributed by atoms with Crippen LogP contribution in [0.15, 0.2) is 36.5 Å². The average molecular weight is 468 g/mol. The van der Waals surface area contributed by atoms with E-state index in [1.165, 1.54) is 26.0 Å². The van der Waals surface area contributed by atoms with Crippen molar-refractivity contribution in [3.8, 4) is 17.6 Å². The first-order valence-corrected chi connectivity index (χ1v) is 9.07. The van der Waals surface area contributed by atoms with Crippen LogP contribution in [0.4, 0.5) is 43.9 Å². The third-order valence-electron chi connectivity index (χ3n) is 3.91. The molecular weight excluding hydrogens is 454 g/mol. The number of hydrogen-bond acceptors (Lipinski definition) is 8. The summed E-state index contributed by atoms with van der Waals surface area (Å²) < 4.78 is 78.0. The molecule has 0 aromatic carbocycles. The van der Waals surface area contributed by atoms with Crippen LogP contribution in [0.1, 0.15) is 25.2 Å². The van der Waals surface area contributed by atoms with Crippen molar-refractivity contribution in [2.24, 2.45) is 0 Å². The molecule has 2 N–H and O–H groups in total. The molecule has 0 spiro atoms. The third-order valence-corrected chi connectivity index (χ3v) is 3.91. The molecule has 0 amide bonds. The van der Waals surface area contributed by atoms with E-state index >= 15 is 0 Å². The topological polar surface area (TPSA) is 112 Å². The van der Waals surface area contributed by atoms with Gasteiger partial charge in [0.15, 0.2) is 5.82 Å². The number of anilines is 3. The highest BCUT2D eigenvalue weighted by Gasteiger charge is 2.33. The number of rotatable bonds is 5. The van der Waals surface area contributed by atoms with Crippen molar-refractivity contribution in [2.75, 3.05) is 10.6 Å². The van der Waals surface area contributed by atoms with Crippen LogP contribution >= 0.6 is 0 Å². The molecule has 3 heterocycles. The Labute approximate surface area is 182 Å². The van der Waals surface area contributed by atoms with Crippen LogP contribution in [0.2, 0.25) is 0 Å². The molecule has 33 heavy (non-hydrogen) atoms. The van der Waals surface area contributed by atoms with Gasteiger partial charge in [0.2, 0.25) is 11.9 Å². The van der Waals surface area contributed by atoms with Gasteiger partial charge in [0.25, 0.3) is 0 Å². The van der Waals surface area contributed by atoms with E-state index in [0.29, 0.717) is 6.07 Å². The zero-order valence-electron chi connectivity index (χ0n) is 16.9. The molecule has 172 valence electrons. The number of pyridine rings is 2. The van der Waals surface area contributed by atoms with Crippen LogP contribution < -0.4 is 10.6 Å². The maximum absolute atomic E-state index is 13.1. The van der Waals surface area contributed by atoms with E-state index in [9.17, 15) is 31.6 Å². The zero-order valence-corrected chi connectivity index (χ0v) is 16.9. The van der Waals surface area contributed by atoms with Crippen LogP contribution in [0.25, 0.3) is 11.5 Å². The largest absolute Gasteiger partial charge is 0.433 e. The minimum absolute atomic E-state index is 0.0861. The fourth-order valence-electron chi connectivity index (χ4n) is 2.42. The molecule has 0 radical (unpaired) electrons. The number of hydrogen-bond donors (Lipinski definition) is 2. The highest BCUT2D eigenvalue weighted by molar-refractivity contribution is 5.59. The smallest absolute Gasteiger partial charge is 0.336 e. The Morgan fingerprint density at radius 3 is 2.15 bits per heavy atom. The maximum atomic E-state index is 13.1. The van der Waals surface area contributed by atoms with Crippen molar-refractivity contribution >= 4 is 17.6 Å². The molecule has 8 nitrogen and oxygen atoms in total. The van der Waals surface area contributed by atoms with E-state index < -0.39 is 29.3 Å². The van der Waals surface area contributed by atoms with Crippen molar-refractivity contribution in [3.63, 3.8) is 0 Å². The Bertz CT molecular complexity index is 1200. The Hall–Kier alpha value is -4.02. The lowest BCUT2D eigenvalue weighted by molar-refractivity contribution is -0.141. The monoisotopic (exact) mass is 468 g/mol. The van der Waals surface area contributed by atoms with Gasteiger partial charge in [-0.2, -0.15) is 46.6 Å². The van der Waals surface area contributed by atoms with Crippen molar-refractivity contribution < 1.29 is 26.3 Å². The molecular formula is C19H14F6N8. The summed E-state index contributed by atoms with van der Waals surface area (Å²) in [6.45, 7) is 2.98. The molecule has 0 aliphatic rings. The van der Waals surface area contributed by atoms with Crippen molar-refractivity contribution in [1.82, 2.24) is 24.9 Å². The molecule has 0 bridgehead atoms. The lowest BCUT2D eigenvalue weighted by Gasteiger charge is -2.18. The zero-order chi connectivity index (χ0) is 24.4. The van der Waals surface area contributed by atoms with Gasteiger partial charge < -0.3 is 10.6 Å². The Kier molecular flexibility index (Phi) is 6.08. The predicted molar refractivity (Wildman–Crippen MR) is 104 cm³/mol. The Morgan fingerprint density at radius 2 is 1.52 bits per heavy atom. The van der Waals surface area contributed by atoms with E-state index in [1.807, 2.05) is 6.07 Å². The van der Waals surface area contributed by atoms with E-state index in [-0.39, 0.29) is 29.1 Å². The van der Waals surface area contributed by atoms with Gasteiger partial charge in [0.05, 0.1) is 6.07 Å². The van der Waals surface area contributed by atoms with Crippen molar-refractivity contribution in [3.05, 3.63) is 47.9 Å². The van der Waals surface area contributed by atoms with Gasteiger partial charge in [-0.15, -0.1) is 0 Å². The summed E-state index contributed by atoms with van der Waals surface area (Å²) >= 11 is 0. The summed E-state index contributed by atoms with van der Waals surface area (Å²) in [7, 11) is 0. The molecule has 3 aromatic heterocycles. The number of aromatic nitrogens is 5. The molecule has 0 aliphatic heterocycles. The van der Waals surface area contributed by atoms with Crippen LogP contribution in [-0.2, 0) is 12.4 Å². The van der Waals surface area contributed by atoms with Crippen LogP contribution in [0.3, 0.4) is 0 Å². The summed E-state index contributed by atoms with van der Waals surface area (Å²) in [6.07, 6.45) is -8.51. The third kappa shape index (κ3) is 6.03. The molecule has 0 saturated heterocycles. The van der Waals surface area contributed by atoms with Crippen molar-refractivity contribution in [2.45, 2.75) is 31.7 Å². The molecule has 14 heteroatoms. The average Bonchev–Trinajstić information content (AvgIpc) is 2.72. The summed E-state index contributed by atoms with van der Waals surface area (Å²) in [4.78, 5) is 18.8. The summed E-state index contributed by atoms with van der Waals surface area (Å²) in [6, 6.07) is 6.95. The summed E-state index contributed by atoms with van der Waals surface area (Å²) in [5, 5.41) is 14.4. The highest BCUT2D eigenvalue weighted by Crippen LogP contribution is 2.31. The normalized spacial score (nSPS) is 12.2. The second-order valence-corrected chi connectivity index (χ2v) is 7.13. The number of alkyl halides is 6. The van der Waals surface area contributed by atoms with Gasteiger partial charge in [0, 0.05) is 11.9 Å². The first-order chi connectivity index (χ1) is 15.3. The predicted octanol–water partition coefficient (Wildman–Crippen LogP) is 4.82. The molecule has 3 aromatic rings. The van der Waals surface area contributed by atoms with Gasteiger partial charge >= 0.3 is 12.4 Å². The minimum Gasteiger partial charge on any atom is -0.336 e. The van der Waals surface area contributed by atoms with Crippen LogP contribution in [0, 0.1) is 11.3 Å². The lowest BCUT2D eigenvalue weighted by Crippen LogP contribution is -2.30. The molecule has 0 saturated carbocycles. The molecule has 0 atom stereocenters. The number of nitrogens with zero attached hydrogens (tertiary/aromatic N) is 6. The quantitative estimate of drug-likeness (QED) is 0.513. The van der Waals surface area contributed by atoms with Gasteiger partial charge in [-0.25, -0.2) is 4.98 Å². The number of nitrogens with one attached hydrogen (secondary N) is 2. The fourth-order valence-corrected chi connectivity index (χ4v) is 2.42. The summed E-state index contributed by atoms with van der Waals surface area (Å²) in [5.74, 6) is -0.812. The lowest BCUT2D eigenvalue weighted by atomic mass is 10.1. The van der Waals surface area contributed by atoms with E-state index in [2.05, 4.69) is 35.6 Å². The van der Waals surface area contributed by atoms with Gasteiger partial charge in [0.1, 0.15) is 22.6 Å². The molecule has 0 aliphatic carbocycles. The standard InChI is InChI=1S/C19H14F6N8/c1-17(2,9-26)33-16-31-14(11-4-3-5-12(29-11)18(20,21)22)30-15(32-16)28-10-6-7-27-13(8-10)19(23,24)25/h3-8H,1-2H3,(H2,27,28,30,31,32,33). The number of nitriles is 1. The molecule has 0 unspecified atom stereocenters. The Morgan fingerprint density at radius 1 is 0.848 bits per heavy atom. The van der Waals surface area contributed by atoms with E-state index in [1.54, 1.807) is 0 Å². The second-order valence-electron chi connectivity index (χ2n) is 7.13. The Balaban J connectivity index is 2.07. The van der Waals surface area contributed by atoms with Gasteiger partial charge in [-0.05, 0) is 38.1 Å². The summed E-state index contributed by atoms with van der Waals surface area (Å²) in [5.41, 5.74) is -3.90. The maximum Gasteiger partial charge on any atom is 0.433 e. The van der Waals surface area contributed by atoms with Gasteiger partial charge in [-0.3, -0.25) is 4.98 Å². The first kappa shape index (κ1) is 23.6. The van der Waals surface area contributed by atoms with Crippen LogP contribution in [0.5, 0.6) is 0 Å². The second kappa shape index (κ2) is 8.49. The highest BCUT2D eigenvalue weighted by atomic mass is 19.4. The van der Waals surface area contributed by atoms with E-state index in [0.717, 1.165) is 18.3 Å². The first-order valence-electron chi connectivity index (χ1n) is 9.07. The van der Waals surface area contributed by atoms with Crippen molar-refractivity contribution in [1.29, 1.82) is 5.26 Å².